The molecule has 4 nitrogen and oxygen atoms in total. The van der Waals surface area contributed by atoms with E-state index in [2.05, 4.69) is 19.1 Å². The second-order valence-corrected chi connectivity index (χ2v) is 12.2. The molecule has 31 heavy (non-hydrogen) atoms. The van der Waals surface area contributed by atoms with Crippen LogP contribution in [0.1, 0.15) is 56.1 Å². The monoisotopic (exact) mass is 436 g/mol. The third-order valence-corrected chi connectivity index (χ3v) is 11.1. The molecule has 0 heterocycles. The Kier molecular flexibility index (Phi) is 3.80. The number of phenols is 1. The van der Waals surface area contributed by atoms with Crippen molar-refractivity contribution in [3.05, 3.63) is 65.7 Å². The number of rotatable bonds is 2. The fourth-order valence-corrected chi connectivity index (χ4v) is 9.00. The molecule has 2 aromatic rings. The number of sulfone groups is 1. The SMILES string of the molecule is C[C@]12CC[C@@H]3c4cc(S(=O)(=O)c5ccccc5)c(O)cc4CC[C@H]3C13C=C[C@@]2(O)CC3. The summed E-state index contributed by atoms with van der Waals surface area (Å²) in [5, 5.41) is 22.0. The van der Waals surface area contributed by atoms with E-state index in [1.165, 1.54) is 0 Å². The minimum atomic E-state index is -3.80. The van der Waals surface area contributed by atoms with Crippen LogP contribution >= 0.6 is 0 Å². The highest BCUT2D eigenvalue weighted by Gasteiger charge is 2.71. The molecule has 5 heteroatoms. The minimum absolute atomic E-state index is 0.00817. The maximum Gasteiger partial charge on any atom is 0.210 e. The van der Waals surface area contributed by atoms with Gasteiger partial charge in [-0.2, -0.15) is 0 Å². The number of benzene rings is 2. The summed E-state index contributed by atoms with van der Waals surface area (Å²) >= 11 is 0. The van der Waals surface area contributed by atoms with Crippen LogP contribution < -0.4 is 0 Å². The largest absolute Gasteiger partial charge is 0.507 e. The van der Waals surface area contributed by atoms with Gasteiger partial charge in [0.25, 0.3) is 0 Å². The normalized spacial score (nSPS) is 37.9. The Bertz CT molecular complexity index is 1220. The van der Waals surface area contributed by atoms with E-state index < -0.39 is 15.4 Å². The van der Waals surface area contributed by atoms with Crippen molar-refractivity contribution in [2.75, 3.05) is 0 Å². The molecule has 2 fully saturated rings. The van der Waals surface area contributed by atoms with Crippen LogP contribution in [0.2, 0.25) is 0 Å². The number of phenolic OH excluding ortho intramolecular Hbond substituents is 1. The fraction of sp³-hybridized carbons (Fsp3) is 0.462. The van der Waals surface area contributed by atoms with E-state index in [-0.39, 0.29) is 32.3 Å². The van der Waals surface area contributed by atoms with E-state index in [9.17, 15) is 18.6 Å². The van der Waals surface area contributed by atoms with E-state index >= 15 is 0 Å². The van der Waals surface area contributed by atoms with Crippen LogP contribution in [-0.4, -0.2) is 24.2 Å². The summed E-state index contributed by atoms with van der Waals surface area (Å²) in [7, 11) is -3.80. The zero-order valence-corrected chi connectivity index (χ0v) is 18.5. The number of fused-ring (bicyclic) bond motifs is 3. The summed E-state index contributed by atoms with van der Waals surface area (Å²) in [5.41, 5.74) is 1.30. The highest BCUT2D eigenvalue weighted by atomic mass is 32.2. The van der Waals surface area contributed by atoms with Crippen molar-refractivity contribution >= 4 is 9.84 Å². The van der Waals surface area contributed by atoms with Crippen molar-refractivity contribution in [1.29, 1.82) is 0 Å². The predicted molar refractivity (Wildman–Crippen MR) is 118 cm³/mol. The molecular weight excluding hydrogens is 408 g/mol. The van der Waals surface area contributed by atoms with Crippen molar-refractivity contribution < 1.29 is 18.6 Å². The van der Waals surface area contributed by atoms with Crippen LogP contribution in [-0.2, 0) is 16.3 Å². The number of hydrogen-bond acceptors (Lipinski definition) is 4. The molecule has 162 valence electrons. The summed E-state index contributed by atoms with van der Waals surface area (Å²) in [6.45, 7) is 2.26. The average Bonchev–Trinajstić information content (AvgIpc) is 3.14. The third-order valence-electron chi connectivity index (χ3n) is 9.35. The molecule has 5 atom stereocenters. The van der Waals surface area contributed by atoms with Crippen molar-refractivity contribution in [2.45, 2.75) is 66.8 Å². The van der Waals surface area contributed by atoms with Gasteiger partial charge >= 0.3 is 0 Å². The minimum Gasteiger partial charge on any atom is -0.507 e. The van der Waals surface area contributed by atoms with Crippen LogP contribution in [0.15, 0.2) is 64.4 Å². The molecule has 0 radical (unpaired) electrons. The van der Waals surface area contributed by atoms with Crippen LogP contribution in [0.5, 0.6) is 5.75 Å². The summed E-state index contributed by atoms with van der Waals surface area (Å²) < 4.78 is 26.6. The molecule has 4 aliphatic carbocycles. The maximum absolute atomic E-state index is 13.3. The maximum atomic E-state index is 13.3. The molecule has 2 bridgehead atoms. The van der Waals surface area contributed by atoms with Crippen LogP contribution in [0.4, 0.5) is 0 Å². The lowest BCUT2D eigenvalue weighted by Gasteiger charge is -2.56. The standard InChI is InChI=1S/C26H28O4S/c1-24-10-9-19-20-16-23(31(29,30)18-5-3-2-4-6-18)22(27)15-17(20)7-8-21(19)25(24)11-13-26(24,28)14-12-25/h2-6,11,13,15-16,19,21,27-28H,7-10,12,14H2,1H3/t19-,21-,24+,25?,26-/m1/s1. The molecule has 2 saturated carbocycles. The van der Waals surface area contributed by atoms with Crippen LogP contribution in [0.3, 0.4) is 0 Å². The first kappa shape index (κ1) is 19.6. The second kappa shape index (κ2) is 6.02. The van der Waals surface area contributed by atoms with E-state index in [1.807, 2.05) is 0 Å². The lowest BCUT2D eigenvalue weighted by atomic mass is 9.48. The van der Waals surface area contributed by atoms with Crippen molar-refractivity contribution in [1.82, 2.24) is 0 Å². The van der Waals surface area contributed by atoms with Gasteiger partial charge in [-0.05, 0) is 85.8 Å². The predicted octanol–water partition coefficient (Wildman–Crippen LogP) is 4.75. The molecule has 4 aliphatic rings. The highest BCUT2D eigenvalue weighted by Crippen LogP contribution is 2.74. The molecule has 2 aromatic carbocycles. The number of hydrogen-bond donors (Lipinski definition) is 2. The van der Waals surface area contributed by atoms with Gasteiger partial charge in [0.2, 0.25) is 9.84 Å². The van der Waals surface area contributed by atoms with Gasteiger partial charge in [0.15, 0.2) is 0 Å². The molecule has 0 spiro atoms. The Hall–Kier alpha value is -2.11. The molecule has 0 aromatic heterocycles. The number of aliphatic hydroxyl groups is 1. The first-order chi connectivity index (χ1) is 14.7. The Labute approximate surface area is 183 Å². The molecular formula is C26H28O4S. The third kappa shape index (κ3) is 2.26. The van der Waals surface area contributed by atoms with Gasteiger partial charge < -0.3 is 10.2 Å². The number of aryl methyl sites for hydroxylation is 1. The molecule has 6 rings (SSSR count). The first-order valence-electron chi connectivity index (χ1n) is 11.3. The van der Waals surface area contributed by atoms with Crippen molar-refractivity contribution in [3.63, 3.8) is 0 Å². The topological polar surface area (TPSA) is 74.6 Å². The molecule has 1 unspecified atom stereocenters. The fourth-order valence-electron chi connectivity index (χ4n) is 7.62. The Morgan fingerprint density at radius 2 is 1.77 bits per heavy atom. The Morgan fingerprint density at radius 3 is 2.48 bits per heavy atom. The smallest absolute Gasteiger partial charge is 0.210 e. The van der Waals surface area contributed by atoms with E-state index in [1.54, 1.807) is 42.5 Å². The van der Waals surface area contributed by atoms with Gasteiger partial charge in [0, 0.05) is 10.8 Å². The Morgan fingerprint density at radius 1 is 1.00 bits per heavy atom. The van der Waals surface area contributed by atoms with Gasteiger partial charge in [-0.1, -0.05) is 37.3 Å². The Balaban J connectivity index is 1.47. The number of aromatic hydroxyl groups is 1. The lowest BCUT2D eigenvalue weighted by molar-refractivity contribution is -0.0870. The van der Waals surface area contributed by atoms with E-state index in [0.717, 1.165) is 49.7 Å². The summed E-state index contributed by atoms with van der Waals surface area (Å²) in [4.78, 5) is 0.209. The van der Waals surface area contributed by atoms with E-state index in [4.69, 9.17) is 0 Å². The van der Waals surface area contributed by atoms with Crippen LogP contribution in [0.25, 0.3) is 0 Å². The second-order valence-electron chi connectivity index (χ2n) is 10.3. The quantitative estimate of drug-likeness (QED) is 0.666. The molecule has 0 amide bonds. The van der Waals surface area contributed by atoms with Gasteiger partial charge in [0.1, 0.15) is 10.6 Å². The van der Waals surface area contributed by atoms with E-state index in [0.29, 0.717) is 5.92 Å². The summed E-state index contributed by atoms with van der Waals surface area (Å²) in [6, 6.07) is 11.8. The average molecular weight is 437 g/mol. The zero-order valence-electron chi connectivity index (χ0n) is 17.7. The lowest BCUT2D eigenvalue weighted by Crippen LogP contribution is -2.52. The van der Waals surface area contributed by atoms with Crippen LogP contribution in [0, 0.1) is 16.7 Å². The molecule has 0 saturated heterocycles. The number of allylic oxidation sites excluding steroid dienone is 1. The zero-order chi connectivity index (χ0) is 21.6. The van der Waals surface area contributed by atoms with Crippen molar-refractivity contribution in [2.24, 2.45) is 16.7 Å². The van der Waals surface area contributed by atoms with Gasteiger partial charge in [-0.25, -0.2) is 8.42 Å². The van der Waals surface area contributed by atoms with Crippen molar-refractivity contribution in [3.8, 4) is 5.75 Å². The molecule has 2 N–H and O–H groups in total. The van der Waals surface area contributed by atoms with Gasteiger partial charge in [0.05, 0.1) is 10.5 Å². The first-order valence-corrected chi connectivity index (χ1v) is 12.8. The summed E-state index contributed by atoms with van der Waals surface area (Å²) in [5.74, 6) is 0.492. The molecule has 0 aliphatic heterocycles. The summed E-state index contributed by atoms with van der Waals surface area (Å²) in [6.07, 6.45) is 9.88. The van der Waals surface area contributed by atoms with Gasteiger partial charge in [-0.3, -0.25) is 0 Å². The van der Waals surface area contributed by atoms with Gasteiger partial charge in [-0.15, -0.1) is 0 Å². The highest BCUT2D eigenvalue weighted by molar-refractivity contribution is 7.91.